The maximum Gasteiger partial charge on any atom is 0.337 e. The van der Waals surface area contributed by atoms with E-state index >= 15 is 0 Å². The quantitative estimate of drug-likeness (QED) is 0.821. The van der Waals surface area contributed by atoms with Crippen molar-refractivity contribution in [3.8, 4) is 0 Å². The molecule has 0 aliphatic carbocycles. The zero-order chi connectivity index (χ0) is 10.3. The second-order valence-corrected chi connectivity index (χ2v) is 4.55. The average molecular weight is 319 g/mol. The molecule has 0 radical (unpaired) electrons. The molecule has 0 saturated carbocycles. The Hall–Kier alpha value is -0.810. The maximum atomic E-state index is 10.7. The minimum Gasteiger partial charge on any atom is -0.478 e. The molecule has 0 spiro atoms. The van der Waals surface area contributed by atoms with Crippen molar-refractivity contribution in [3.63, 3.8) is 0 Å². The second-order valence-electron chi connectivity index (χ2n) is 2.83. The Kier molecular flexibility index (Phi) is 2.36. The molecule has 0 aliphatic heterocycles. The van der Waals surface area contributed by atoms with E-state index in [2.05, 4.69) is 31.9 Å². The Morgan fingerprint density at radius 3 is 2.64 bits per heavy atom. The Morgan fingerprint density at radius 1 is 1.29 bits per heavy atom. The standard InChI is InChI=1S/C9H5Br2NO2/c10-6-2-7-1-5(9(13)14)4-12(7)8(11)3-6/h1-4H,(H,13,14). The molecule has 2 heterocycles. The third-order valence-corrected chi connectivity index (χ3v) is 2.94. The number of hydrogen-bond donors (Lipinski definition) is 1. The zero-order valence-electron chi connectivity index (χ0n) is 6.87. The lowest BCUT2D eigenvalue weighted by Gasteiger charge is -1.98. The van der Waals surface area contributed by atoms with Gasteiger partial charge in [-0.3, -0.25) is 0 Å². The normalized spacial score (nSPS) is 10.7. The molecule has 3 nitrogen and oxygen atoms in total. The first-order valence-electron chi connectivity index (χ1n) is 3.78. The number of carbonyl (C=O) groups is 1. The summed E-state index contributed by atoms with van der Waals surface area (Å²) in [6, 6.07) is 5.34. The number of carboxylic acid groups (broad SMARTS) is 1. The van der Waals surface area contributed by atoms with Crippen LogP contribution in [0.25, 0.3) is 5.52 Å². The number of nitrogens with zero attached hydrogens (tertiary/aromatic N) is 1. The van der Waals surface area contributed by atoms with E-state index in [1.807, 2.05) is 12.1 Å². The van der Waals surface area contributed by atoms with Crippen LogP contribution < -0.4 is 0 Å². The van der Waals surface area contributed by atoms with E-state index in [-0.39, 0.29) is 5.56 Å². The summed E-state index contributed by atoms with van der Waals surface area (Å²) < 4.78 is 3.50. The van der Waals surface area contributed by atoms with E-state index in [1.165, 1.54) is 0 Å². The Balaban J connectivity index is 2.76. The van der Waals surface area contributed by atoms with Crippen LogP contribution in [0.4, 0.5) is 0 Å². The van der Waals surface area contributed by atoms with Crippen molar-refractivity contribution in [2.45, 2.75) is 0 Å². The summed E-state index contributed by atoms with van der Waals surface area (Å²) in [7, 11) is 0. The summed E-state index contributed by atoms with van der Waals surface area (Å²) in [6.45, 7) is 0. The number of aromatic carboxylic acids is 1. The van der Waals surface area contributed by atoms with Gasteiger partial charge >= 0.3 is 5.97 Å². The highest BCUT2D eigenvalue weighted by atomic mass is 79.9. The van der Waals surface area contributed by atoms with Gasteiger partial charge in [-0.25, -0.2) is 4.79 Å². The summed E-state index contributed by atoms with van der Waals surface area (Å²) in [5, 5.41) is 8.81. The van der Waals surface area contributed by atoms with E-state index in [1.54, 1.807) is 16.7 Å². The fourth-order valence-corrected chi connectivity index (χ4v) is 2.57. The fourth-order valence-electron chi connectivity index (χ4n) is 1.26. The van der Waals surface area contributed by atoms with Crippen LogP contribution in [0.1, 0.15) is 10.4 Å². The number of hydrogen-bond acceptors (Lipinski definition) is 1. The molecule has 72 valence electrons. The number of halogens is 2. The SMILES string of the molecule is O=C(O)c1cc2cc(Br)cc(Br)n2c1. The highest BCUT2D eigenvalue weighted by Crippen LogP contribution is 2.22. The first kappa shape index (κ1) is 9.73. The van der Waals surface area contributed by atoms with Crippen LogP contribution in [-0.2, 0) is 0 Å². The molecule has 0 atom stereocenters. The first-order valence-corrected chi connectivity index (χ1v) is 5.37. The van der Waals surface area contributed by atoms with Gasteiger partial charge in [0, 0.05) is 16.2 Å². The molecule has 2 aromatic rings. The molecule has 5 heteroatoms. The number of pyridine rings is 1. The van der Waals surface area contributed by atoms with Gasteiger partial charge < -0.3 is 9.51 Å². The predicted molar refractivity (Wildman–Crippen MR) is 59.8 cm³/mol. The van der Waals surface area contributed by atoms with Gasteiger partial charge in [-0.1, -0.05) is 15.9 Å². The molecule has 0 aromatic carbocycles. The van der Waals surface area contributed by atoms with Crippen molar-refractivity contribution in [2.24, 2.45) is 0 Å². The second kappa shape index (κ2) is 3.40. The predicted octanol–water partition coefficient (Wildman–Crippen LogP) is 3.16. The molecule has 0 aliphatic rings. The average Bonchev–Trinajstić information content (AvgIpc) is 2.47. The zero-order valence-corrected chi connectivity index (χ0v) is 10.0. The number of rotatable bonds is 1. The van der Waals surface area contributed by atoms with Gasteiger partial charge in [-0.05, 0) is 34.1 Å². The highest BCUT2D eigenvalue weighted by Gasteiger charge is 2.08. The van der Waals surface area contributed by atoms with E-state index < -0.39 is 5.97 Å². The summed E-state index contributed by atoms with van der Waals surface area (Å²) in [6.07, 6.45) is 1.58. The van der Waals surface area contributed by atoms with Crippen molar-refractivity contribution < 1.29 is 9.90 Å². The fraction of sp³-hybridized carbons (Fsp3) is 0. The number of carboxylic acids is 1. The summed E-state index contributed by atoms with van der Waals surface area (Å²) in [5.74, 6) is -0.920. The van der Waals surface area contributed by atoms with E-state index in [0.29, 0.717) is 0 Å². The molecular weight excluding hydrogens is 314 g/mol. The minimum atomic E-state index is -0.920. The Labute approximate surface area is 96.6 Å². The van der Waals surface area contributed by atoms with Crippen LogP contribution in [0.5, 0.6) is 0 Å². The van der Waals surface area contributed by atoms with Crippen LogP contribution in [0.3, 0.4) is 0 Å². The van der Waals surface area contributed by atoms with Gasteiger partial charge in [0.15, 0.2) is 0 Å². The minimum absolute atomic E-state index is 0.281. The third-order valence-electron chi connectivity index (χ3n) is 1.87. The molecule has 0 fully saturated rings. The van der Waals surface area contributed by atoms with E-state index in [9.17, 15) is 4.79 Å². The smallest absolute Gasteiger partial charge is 0.337 e. The van der Waals surface area contributed by atoms with Crippen molar-refractivity contribution in [3.05, 3.63) is 39.0 Å². The van der Waals surface area contributed by atoms with Crippen LogP contribution in [0.2, 0.25) is 0 Å². The van der Waals surface area contributed by atoms with Gasteiger partial charge in [0.1, 0.15) is 0 Å². The molecule has 0 amide bonds. The third kappa shape index (κ3) is 1.57. The lowest BCUT2D eigenvalue weighted by molar-refractivity contribution is 0.0697. The summed E-state index contributed by atoms with van der Waals surface area (Å²) in [5.41, 5.74) is 1.12. The lowest BCUT2D eigenvalue weighted by Crippen LogP contribution is -1.92. The van der Waals surface area contributed by atoms with Crippen LogP contribution in [0, 0.1) is 0 Å². The maximum absolute atomic E-state index is 10.7. The first-order chi connectivity index (χ1) is 6.58. The largest absolute Gasteiger partial charge is 0.478 e. The van der Waals surface area contributed by atoms with E-state index in [0.717, 1.165) is 14.6 Å². The topological polar surface area (TPSA) is 41.7 Å². The van der Waals surface area contributed by atoms with Gasteiger partial charge in [0.25, 0.3) is 0 Å². The monoisotopic (exact) mass is 317 g/mol. The number of fused-ring (bicyclic) bond motifs is 1. The van der Waals surface area contributed by atoms with Gasteiger partial charge in [0.05, 0.1) is 10.2 Å². The molecule has 14 heavy (non-hydrogen) atoms. The summed E-state index contributed by atoms with van der Waals surface area (Å²) >= 11 is 6.69. The lowest BCUT2D eigenvalue weighted by atomic mass is 10.3. The molecule has 0 bridgehead atoms. The molecule has 2 rings (SSSR count). The molecule has 2 aromatic heterocycles. The Morgan fingerprint density at radius 2 is 2.00 bits per heavy atom. The van der Waals surface area contributed by atoms with Crippen molar-refractivity contribution in [2.75, 3.05) is 0 Å². The Bertz CT molecular complexity index is 519. The van der Waals surface area contributed by atoms with Crippen LogP contribution in [-0.4, -0.2) is 15.5 Å². The van der Waals surface area contributed by atoms with Crippen LogP contribution in [0.15, 0.2) is 33.5 Å². The van der Waals surface area contributed by atoms with Crippen molar-refractivity contribution in [1.29, 1.82) is 0 Å². The number of aromatic nitrogens is 1. The summed E-state index contributed by atoms with van der Waals surface area (Å²) in [4.78, 5) is 10.7. The molecular formula is C9H5Br2NO2. The van der Waals surface area contributed by atoms with Gasteiger partial charge in [-0.15, -0.1) is 0 Å². The highest BCUT2D eigenvalue weighted by molar-refractivity contribution is 9.11. The molecule has 1 N–H and O–H groups in total. The molecule has 0 saturated heterocycles. The van der Waals surface area contributed by atoms with Crippen molar-refractivity contribution >= 4 is 43.3 Å². The van der Waals surface area contributed by atoms with E-state index in [4.69, 9.17) is 5.11 Å². The van der Waals surface area contributed by atoms with Gasteiger partial charge in [-0.2, -0.15) is 0 Å². The van der Waals surface area contributed by atoms with Crippen molar-refractivity contribution in [1.82, 2.24) is 4.40 Å². The van der Waals surface area contributed by atoms with Gasteiger partial charge in [0.2, 0.25) is 0 Å². The molecule has 0 unspecified atom stereocenters. The van der Waals surface area contributed by atoms with Crippen LogP contribution >= 0.6 is 31.9 Å².